The van der Waals surface area contributed by atoms with Crippen LogP contribution in [0.2, 0.25) is 0 Å². The van der Waals surface area contributed by atoms with E-state index in [9.17, 15) is 0 Å². The van der Waals surface area contributed by atoms with Gasteiger partial charge in [-0.1, -0.05) is 40.0 Å². The monoisotopic (exact) mass is 352 g/mol. The summed E-state index contributed by atoms with van der Waals surface area (Å²) in [6.45, 7) is 7.19. The Kier molecular flexibility index (Phi) is 78.8. The van der Waals surface area contributed by atoms with Gasteiger partial charge in [0.25, 0.3) is 0 Å². The Morgan fingerprint density at radius 3 is 0.765 bits per heavy atom. The van der Waals surface area contributed by atoms with Gasteiger partial charge < -0.3 is 32.3 Å². The summed E-state index contributed by atoms with van der Waals surface area (Å²) in [6.07, 6.45) is 6.11. The number of hydrogen-bond acceptors (Lipinski definition) is 3. The van der Waals surface area contributed by atoms with Gasteiger partial charge in [0, 0.05) is 38.4 Å². The van der Waals surface area contributed by atoms with Crippen molar-refractivity contribution >= 4 is 0 Å². The Balaban J connectivity index is -0.0000000400. The fourth-order valence-corrected chi connectivity index (χ4v) is 0.474. The van der Waals surface area contributed by atoms with Gasteiger partial charge in [-0.3, -0.25) is 0 Å². The van der Waals surface area contributed by atoms with E-state index in [4.69, 9.17) is 15.3 Å². The summed E-state index contributed by atoms with van der Waals surface area (Å²) in [4.78, 5) is 0. The summed E-state index contributed by atoms with van der Waals surface area (Å²) in [6, 6.07) is 0. The molecule has 0 saturated carbocycles. The second-order valence-corrected chi connectivity index (χ2v) is 3.23. The predicted molar refractivity (Wildman–Crippen MR) is 66.0 cm³/mol. The maximum Gasteiger partial charge on any atom is 0.0430 e. The molecule has 0 atom stereocenters. The van der Waals surface area contributed by atoms with Crippen LogP contribution in [0.15, 0.2) is 0 Å². The van der Waals surface area contributed by atoms with Crippen molar-refractivity contribution in [3.63, 3.8) is 0 Å². The molecular formula is C12H30BrO3V-. The van der Waals surface area contributed by atoms with E-state index in [1.807, 2.05) is 0 Å². The first-order valence-corrected chi connectivity index (χ1v) is 6.07. The van der Waals surface area contributed by atoms with E-state index < -0.39 is 0 Å². The summed E-state index contributed by atoms with van der Waals surface area (Å²) < 4.78 is 0. The minimum atomic E-state index is 0. The van der Waals surface area contributed by atoms with Crippen LogP contribution in [0, 0.1) is 0 Å². The first-order valence-electron chi connectivity index (χ1n) is 6.07. The second-order valence-electron chi connectivity index (χ2n) is 3.23. The molecule has 0 aromatic heterocycles. The van der Waals surface area contributed by atoms with Crippen LogP contribution in [0.4, 0.5) is 0 Å². The molecule has 0 bridgehead atoms. The fourth-order valence-electron chi connectivity index (χ4n) is 0.474. The van der Waals surface area contributed by atoms with Crippen molar-refractivity contribution in [2.45, 2.75) is 59.3 Å². The van der Waals surface area contributed by atoms with Gasteiger partial charge in [0.15, 0.2) is 0 Å². The molecule has 109 valence electrons. The average molecular weight is 353 g/mol. The number of aliphatic hydroxyl groups excluding tert-OH is 3. The van der Waals surface area contributed by atoms with Gasteiger partial charge in [-0.2, -0.15) is 0 Å². The zero-order chi connectivity index (χ0) is 12.4. The molecule has 0 aromatic carbocycles. The van der Waals surface area contributed by atoms with Crippen LogP contribution in [0.25, 0.3) is 0 Å². The normalized spacial score (nSPS) is 7.41. The smallest absolute Gasteiger partial charge is 0.0430 e. The first-order chi connectivity index (χ1) is 7.24. The molecule has 0 fully saturated rings. The third-order valence-electron chi connectivity index (χ3n) is 1.54. The van der Waals surface area contributed by atoms with Crippen LogP contribution in [-0.4, -0.2) is 35.1 Å². The molecular weight excluding hydrogens is 323 g/mol. The largest absolute Gasteiger partial charge is 1.00 e. The molecule has 1 radical (unpaired) electrons. The van der Waals surface area contributed by atoms with E-state index >= 15 is 0 Å². The molecule has 5 heteroatoms. The maximum absolute atomic E-state index is 8.07. The Morgan fingerprint density at radius 2 is 0.765 bits per heavy atom. The molecule has 0 amide bonds. The molecule has 0 rings (SSSR count). The van der Waals surface area contributed by atoms with Gasteiger partial charge in [-0.15, -0.1) is 0 Å². The third-order valence-corrected chi connectivity index (χ3v) is 1.54. The molecule has 3 N–H and O–H groups in total. The van der Waals surface area contributed by atoms with Crippen LogP contribution in [0.1, 0.15) is 59.3 Å². The number of rotatable bonds is 6. The topological polar surface area (TPSA) is 60.7 Å². The molecule has 17 heavy (non-hydrogen) atoms. The second kappa shape index (κ2) is 43.6. The van der Waals surface area contributed by atoms with Gasteiger partial charge in [0.2, 0.25) is 0 Å². The Morgan fingerprint density at radius 1 is 0.588 bits per heavy atom. The Hall–Kier alpha value is 0.944. The Labute approximate surface area is 130 Å². The van der Waals surface area contributed by atoms with E-state index in [1.54, 1.807) is 0 Å². The summed E-state index contributed by atoms with van der Waals surface area (Å²) in [5.74, 6) is 0. The van der Waals surface area contributed by atoms with E-state index in [-0.39, 0.29) is 35.5 Å². The molecule has 0 heterocycles. The molecule has 0 saturated heterocycles. The van der Waals surface area contributed by atoms with Crippen LogP contribution in [0.5, 0.6) is 0 Å². The van der Waals surface area contributed by atoms with Crippen molar-refractivity contribution in [2.24, 2.45) is 0 Å². The van der Waals surface area contributed by atoms with Gasteiger partial charge in [-0.25, -0.2) is 0 Å². The van der Waals surface area contributed by atoms with Crippen molar-refractivity contribution in [2.75, 3.05) is 19.8 Å². The first kappa shape index (κ1) is 30.7. The van der Waals surface area contributed by atoms with Gasteiger partial charge in [0.05, 0.1) is 0 Å². The van der Waals surface area contributed by atoms with E-state index in [2.05, 4.69) is 20.8 Å². The molecule has 0 aliphatic carbocycles. The summed E-state index contributed by atoms with van der Waals surface area (Å²) in [7, 11) is 0. The molecule has 0 spiro atoms. The quantitative estimate of drug-likeness (QED) is 0.594. The molecule has 0 unspecified atom stereocenters. The zero-order valence-electron chi connectivity index (χ0n) is 11.5. The van der Waals surface area contributed by atoms with Gasteiger partial charge in [-0.05, 0) is 19.3 Å². The van der Waals surface area contributed by atoms with Gasteiger partial charge in [0.1, 0.15) is 0 Å². The van der Waals surface area contributed by atoms with Crippen molar-refractivity contribution < 1.29 is 50.9 Å². The van der Waals surface area contributed by atoms with Gasteiger partial charge >= 0.3 is 0 Å². The predicted octanol–water partition coefficient (Wildman–Crippen LogP) is -0.662. The molecule has 0 aliphatic rings. The fraction of sp³-hybridized carbons (Fsp3) is 1.00. The third kappa shape index (κ3) is 78.5. The average Bonchev–Trinajstić information content (AvgIpc) is 2.23. The SMILES string of the molecule is CCCCO.CCCCO.CCCCO.[Br-].[V]. The standard InChI is InChI=1S/3C4H10O.BrH.V/c3*1-2-3-4-5;;/h3*5H,2-4H2,1H3;1H;/p-1. The van der Waals surface area contributed by atoms with E-state index in [1.165, 1.54) is 0 Å². The van der Waals surface area contributed by atoms with Crippen LogP contribution in [0.3, 0.4) is 0 Å². The maximum atomic E-state index is 8.07. The van der Waals surface area contributed by atoms with Crippen LogP contribution >= 0.6 is 0 Å². The van der Waals surface area contributed by atoms with E-state index in [0.717, 1.165) is 38.5 Å². The summed E-state index contributed by atoms with van der Waals surface area (Å²) in [5, 5.41) is 24.2. The van der Waals surface area contributed by atoms with Crippen molar-refractivity contribution in [3.8, 4) is 0 Å². The van der Waals surface area contributed by atoms with Crippen molar-refractivity contribution in [3.05, 3.63) is 0 Å². The van der Waals surface area contributed by atoms with Crippen LogP contribution in [-0.2, 0) is 18.6 Å². The number of unbranched alkanes of at least 4 members (excludes halogenated alkanes) is 3. The summed E-state index contributed by atoms with van der Waals surface area (Å²) in [5.41, 5.74) is 0. The minimum absolute atomic E-state index is 0. The molecule has 0 aliphatic heterocycles. The summed E-state index contributed by atoms with van der Waals surface area (Å²) >= 11 is 0. The zero-order valence-corrected chi connectivity index (χ0v) is 14.5. The number of hydrogen-bond donors (Lipinski definition) is 3. The van der Waals surface area contributed by atoms with Crippen LogP contribution < -0.4 is 17.0 Å². The Bertz CT molecular complexity index is 58.5. The number of halogens is 1. The molecule has 3 nitrogen and oxygen atoms in total. The molecule has 0 aromatic rings. The van der Waals surface area contributed by atoms with Crippen molar-refractivity contribution in [1.82, 2.24) is 0 Å². The number of aliphatic hydroxyl groups is 3. The minimum Gasteiger partial charge on any atom is -1.00 e. The van der Waals surface area contributed by atoms with E-state index in [0.29, 0.717) is 19.8 Å². The van der Waals surface area contributed by atoms with Crippen molar-refractivity contribution in [1.29, 1.82) is 0 Å².